The van der Waals surface area contributed by atoms with Gasteiger partial charge in [0.1, 0.15) is 17.7 Å². The van der Waals surface area contributed by atoms with Crippen LogP contribution in [-0.4, -0.2) is 23.7 Å². The Morgan fingerprint density at radius 2 is 1.79 bits per heavy atom. The molecule has 4 nitrogen and oxygen atoms in total. The molecule has 2 aromatic rings. The first-order valence-corrected chi connectivity index (χ1v) is 10.1. The van der Waals surface area contributed by atoms with Crippen LogP contribution < -0.4 is 10.2 Å². The predicted octanol–water partition coefficient (Wildman–Crippen LogP) is 4.59. The van der Waals surface area contributed by atoms with E-state index in [1.165, 1.54) is 29.5 Å². The molecule has 2 aromatic carbocycles. The highest BCUT2D eigenvalue weighted by Gasteiger charge is 2.33. The van der Waals surface area contributed by atoms with Gasteiger partial charge in [0, 0.05) is 11.7 Å². The second-order valence-corrected chi connectivity index (χ2v) is 7.30. The second-order valence-electron chi connectivity index (χ2n) is 7.03. The van der Waals surface area contributed by atoms with E-state index < -0.39 is 17.8 Å². The number of halogens is 2. The summed E-state index contributed by atoms with van der Waals surface area (Å²) in [6.07, 6.45) is 5.19. The number of hydrogen-bond acceptors (Lipinski definition) is 2. The molecule has 1 aliphatic rings. The zero-order valence-electron chi connectivity index (χ0n) is 15.6. The minimum Gasteiger partial charge on any atom is -0.351 e. The van der Waals surface area contributed by atoms with Gasteiger partial charge in [0.25, 0.3) is 0 Å². The number of nitrogens with one attached hydrogen (secondary N) is 1. The number of anilines is 1. The van der Waals surface area contributed by atoms with Crippen LogP contribution in [-0.2, 0) is 9.59 Å². The quantitative estimate of drug-likeness (QED) is 0.718. The maximum atomic E-state index is 13.9. The summed E-state index contributed by atoms with van der Waals surface area (Å²) in [5.74, 6) is -1.53. The lowest BCUT2D eigenvalue weighted by molar-refractivity contribution is -0.126. The lowest BCUT2D eigenvalue weighted by Gasteiger charge is -2.33. The summed E-state index contributed by atoms with van der Waals surface area (Å²) in [6, 6.07) is 13.9. The third-order valence-electron chi connectivity index (χ3n) is 5.04. The first kappa shape index (κ1) is 20.3. The molecule has 1 N–H and O–H groups in total. The number of carbonyl (C=O) groups excluding carboxylic acids is 2. The molecule has 0 bridgehead atoms. The molecule has 1 saturated carbocycles. The number of carbonyl (C=O) groups is 2. The Morgan fingerprint density at radius 1 is 1.07 bits per heavy atom. The highest BCUT2D eigenvalue weighted by Crippen LogP contribution is 2.29. The molecule has 0 radical (unpaired) electrons. The molecule has 0 aromatic heterocycles. The molecule has 148 valence electrons. The fraction of sp³-hybridized carbons (Fsp3) is 0.364. The number of amides is 2. The van der Waals surface area contributed by atoms with Crippen LogP contribution in [0.2, 0.25) is 0 Å². The van der Waals surface area contributed by atoms with E-state index in [0.717, 1.165) is 25.7 Å². The summed E-state index contributed by atoms with van der Waals surface area (Å²) in [7, 11) is 0. The van der Waals surface area contributed by atoms with E-state index in [1.54, 1.807) is 18.2 Å². The molecule has 1 unspecified atom stereocenters. The van der Waals surface area contributed by atoms with Gasteiger partial charge in [0.2, 0.25) is 11.8 Å². The third-order valence-corrected chi connectivity index (χ3v) is 5.27. The zero-order chi connectivity index (χ0) is 19.9. The molecule has 3 rings (SSSR count). The molecule has 0 aliphatic heterocycles. The smallest absolute Gasteiger partial charge is 0.248 e. The van der Waals surface area contributed by atoms with E-state index >= 15 is 0 Å². The Kier molecular flexibility index (Phi) is 7.04. The van der Waals surface area contributed by atoms with Crippen LogP contribution in [0.4, 0.5) is 10.1 Å². The molecule has 1 fully saturated rings. The van der Waals surface area contributed by atoms with Gasteiger partial charge in [-0.2, -0.15) is 0 Å². The largest absolute Gasteiger partial charge is 0.351 e. The summed E-state index contributed by atoms with van der Waals surface area (Å²) < 4.78 is 13.9. The number of nitrogens with zero attached hydrogens (tertiary/aromatic N) is 1. The van der Waals surface area contributed by atoms with Gasteiger partial charge < -0.3 is 5.32 Å². The Morgan fingerprint density at radius 3 is 2.43 bits per heavy atom. The van der Waals surface area contributed by atoms with E-state index in [2.05, 4.69) is 5.32 Å². The molecule has 0 saturated heterocycles. The summed E-state index contributed by atoms with van der Waals surface area (Å²) in [6.45, 7) is 0. The highest BCUT2D eigenvalue weighted by atomic mass is 35.5. The Bertz CT molecular complexity index is 809. The van der Waals surface area contributed by atoms with Gasteiger partial charge in [-0.3, -0.25) is 14.5 Å². The van der Waals surface area contributed by atoms with Crippen molar-refractivity contribution in [2.75, 3.05) is 10.8 Å². The highest BCUT2D eigenvalue weighted by molar-refractivity contribution is 6.29. The van der Waals surface area contributed by atoms with Gasteiger partial charge in [0.15, 0.2) is 0 Å². The Balaban J connectivity index is 1.99. The van der Waals surface area contributed by atoms with Crippen molar-refractivity contribution < 1.29 is 14.0 Å². The molecule has 0 heterocycles. The van der Waals surface area contributed by atoms with Gasteiger partial charge in [0.05, 0.1) is 0 Å². The summed E-state index contributed by atoms with van der Waals surface area (Å²) in [5.41, 5.74) is 0.955. The molecule has 2 amide bonds. The van der Waals surface area contributed by atoms with Crippen LogP contribution in [0.3, 0.4) is 0 Å². The van der Waals surface area contributed by atoms with Crippen molar-refractivity contribution >= 4 is 29.1 Å². The molecule has 0 spiro atoms. The average molecular weight is 403 g/mol. The van der Waals surface area contributed by atoms with Crippen LogP contribution in [0, 0.1) is 5.82 Å². The van der Waals surface area contributed by atoms with E-state index in [1.807, 2.05) is 18.2 Å². The maximum absolute atomic E-state index is 13.9. The van der Waals surface area contributed by atoms with Crippen molar-refractivity contribution in [3.05, 3.63) is 66.0 Å². The Labute approximate surface area is 169 Å². The topological polar surface area (TPSA) is 49.4 Å². The number of alkyl halides is 1. The molecule has 1 aliphatic carbocycles. The molecule has 6 heteroatoms. The van der Waals surface area contributed by atoms with E-state index in [9.17, 15) is 14.0 Å². The van der Waals surface area contributed by atoms with Gasteiger partial charge in [-0.15, -0.1) is 11.6 Å². The van der Waals surface area contributed by atoms with Crippen LogP contribution in [0.25, 0.3) is 0 Å². The first-order valence-electron chi connectivity index (χ1n) is 9.59. The van der Waals surface area contributed by atoms with Gasteiger partial charge >= 0.3 is 0 Å². The summed E-state index contributed by atoms with van der Waals surface area (Å²) in [5, 5.41) is 3.09. The fourth-order valence-electron chi connectivity index (χ4n) is 3.71. The standard InChI is InChI=1S/C22H24ClFN2O2/c23-15-20(27)26(19-13-7-10-17(24)14-19)21(16-8-3-1-4-9-16)22(28)25-18-11-5-2-6-12-18/h1,3-4,7-10,13-14,18,21H,2,5-6,11-12,15H2,(H,25,28). The summed E-state index contributed by atoms with van der Waals surface area (Å²) >= 11 is 5.85. The van der Waals surface area contributed by atoms with Crippen molar-refractivity contribution in [3.8, 4) is 0 Å². The van der Waals surface area contributed by atoms with Crippen molar-refractivity contribution in [3.63, 3.8) is 0 Å². The van der Waals surface area contributed by atoms with Gasteiger partial charge in [-0.05, 0) is 36.6 Å². The minimum atomic E-state index is -0.920. The third kappa shape index (κ3) is 4.90. The average Bonchev–Trinajstić information content (AvgIpc) is 2.72. The van der Waals surface area contributed by atoms with Crippen molar-refractivity contribution in [1.29, 1.82) is 0 Å². The SMILES string of the molecule is O=C(NC1CCCCC1)C(c1ccccc1)N(C(=O)CCl)c1cccc(F)c1. The van der Waals surface area contributed by atoms with E-state index in [0.29, 0.717) is 11.3 Å². The zero-order valence-corrected chi connectivity index (χ0v) is 16.4. The number of benzene rings is 2. The summed E-state index contributed by atoms with van der Waals surface area (Å²) in [4.78, 5) is 27.3. The van der Waals surface area contributed by atoms with Crippen molar-refractivity contribution in [1.82, 2.24) is 5.32 Å². The van der Waals surface area contributed by atoms with Crippen molar-refractivity contribution in [2.24, 2.45) is 0 Å². The normalized spacial score (nSPS) is 15.6. The molecule has 1 atom stereocenters. The second kappa shape index (κ2) is 9.69. The monoisotopic (exact) mass is 402 g/mol. The maximum Gasteiger partial charge on any atom is 0.248 e. The molecule has 28 heavy (non-hydrogen) atoms. The van der Waals surface area contributed by atoms with Crippen LogP contribution in [0.15, 0.2) is 54.6 Å². The number of rotatable bonds is 6. The van der Waals surface area contributed by atoms with Crippen LogP contribution >= 0.6 is 11.6 Å². The van der Waals surface area contributed by atoms with Gasteiger partial charge in [-0.25, -0.2) is 4.39 Å². The predicted molar refractivity (Wildman–Crippen MR) is 109 cm³/mol. The van der Waals surface area contributed by atoms with Crippen LogP contribution in [0.5, 0.6) is 0 Å². The van der Waals surface area contributed by atoms with Crippen molar-refractivity contribution in [2.45, 2.75) is 44.2 Å². The van der Waals surface area contributed by atoms with Crippen LogP contribution in [0.1, 0.15) is 43.7 Å². The minimum absolute atomic E-state index is 0.0907. The first-order chi connectivity index (χ1) is 13.6. The molecular weight excluding hydrogens is 379 g/mol. The van der Waals surface area contributed by atoms with E-state index in [-0.39, 0.29) is 17.8 Å². The molecular formula is C22H24ClFN2O2. The lowest BCUT2D eigenvalue weighted by Crippen LogP contribution is -2.47. The van der Waals surface area contributed by atoms with E-state index in [4.69, 9.17) is 11.6 Å². The lowest BCUT2D eigenvalue weighted by atomic mass is 9.94. The number of hydrogen-bond donors (Lipinski definition) is 1. The fourth-order valence-corrected chi connectivity index (χ4v) is 3.84. The van der Waals surface area contributed by atoms with Gasteiger partial charge in [-0.1, -0.05) is 55.7 Å². The Hall–Kier alpha value is -2.40.